The molecule has 0 fully saturated rings. The van der Waals surface area contributed by atoms with E-state index in [0.717, 1.165) is 49.4 Å². The molecule has 4 rings (SSSR count). The fourth-order valence-corrected chi connectivity index (χ4v) is 4.86. The van der Waals surface area contributed by atoms with Crippen molar-refractivity contribution in [3.05, 3.63) is 71.4 Å². The fourth-order valence-electron chi connectivity index (χ4n) is 3.21. The molecule has 2 aromatic heterocycles. The third-order valence-corrected chi connectivity index (χ3v) is 7.17. The third-order valence-electron chi connectivity index (χ3n) is 5.02. The van der Waals surface area contributed by atoms with Gasteiger partial charge in [0.05, 0.1) is 23.4 Å². The van der Waals surface area contributed by atoms with Crippen LogP contribution in [-0.2, 0) is 4.79 Å². The highest BCUT2D eigenvalue weighted by Gasteiger charge is 2.14. The Bertz CT molecular complexity index is 1270. The summed E-state index contributed by atoms with van der Waals surface area (Å²) in [5.41, 5.74) is 5.71. The normalized spacial score (nSPS) is 10.8. The number of hydrogen-bond donors (Lipinski definition) is 1. The van der Waals surface area contributed by atoms with Crippen molar-refractivity contribution in [2.24, 2.45) is 0 Å². The van der Waals surface area contributed by atoms with Crippen LogP contribution in [-0.4, -0.2) is 34.0 Å². The van der Waals surface area contributed by atoms with Crippen molar-refractivity contribution in [1.82, 2.24) is 15.2 Å². The Kier molecular flexibility index (Phi) is 7.05. The molecule has 6 nitrogen and oxygen atoms in total. The quantitative estimate of drug-likeness (QED) is 0.333. The van der Waals surface area contributed by atoms with Gasteiger partial charge in [0.1, 0.15) is 21.5 Å². The highest BCUT2D eigenvalue weighted by atomic mass is 32.2. The molecule has 4 aromatic rings. The number of aromatic nitrogens is 3. The molecule has 0 saturated heterocycles. The summed E-state index contributed by atoms with van der Waals surface area (Å²) in [5.74, 6) is 1.01. The summed E-state index contributed by atoms with van der Waals surface area (Å²) in [6, 6.07) is 17.7. The summed E-state index contributed by atoms with van der Waals surface area (Å²) >= 11 is 2.94. The van der Waals surface area contributed by atoms with Gasteiger partial charge in [0.25, 0.3) is 0 Å². The van der Waals surface area contributed by atoms with Crippen LogP contribution in [0.2, 0.25) is 0 Å². The van der Waals surface area contributed by atoms with Gasteiger partial charge in [-0.05, 0) is 74.4 Å². The maximum atomic E-state index is 12.4. The number of amides is 1. The number of methoxy groups -OCH3 is 1. The van der Waals surface area contributed by atoms with Gasteiger partial charge in [-0.3, -0.25) is 4.79 Å². The van der Waals surface area contributed by atoms with Gasteiger partial charge in [-0.1, -0.05) is 23.9 Å². The highest BCUT2D eigenvalue weighted by Crippen LogP contribution is 2.35. The second-order valence-corrected chi connectivity index (χ2v) is 9.57. The molecule has 0 unspecified atom stereocenters. The number of ether oxygens (including phenoxy) is 1. The lowest BCUT2D eigenvalue weighted by Crippen LogP contribution is -2.15. The van der Waals surface area contributed by atoms with Gasteiger partial charge in [0, 0.05) is 11.3 Å². The van der Waals surface area contributed by atoms with E-state index in [1.165, 1.54) is 11.8 Å². The molecule has 0 aliphatic carbocycles. The Hall–Kier alpha value is -3.23. The van der Waals surface area contributed by atoms with Crippen LogP contribution in [0, 0.1) is 20.8 Å². The first-order valence-corrected chi connectivity index (χ1v) is 12.2. The van der Waals surface area contributed by atoms with Crippen molar-refractivity contribution >= 4 is 34.7 Å². The zero-order valence-electron chi connectivity index (χ0n) is 18.9. The Morgan fingerprint density at radius 1 is 1.03 bits per heavy atom. The number of carbonyl (C=O) groups excluding carboxylic acids is 1. The topological polar surface area (TPSA) is 77.0 Å². The molecule has 1 amide bonds. The van der Waals surface area contributed by atoms with Crippen molar-refractivity contribution in [3.63, 3.8) is 0 Å². The molecule has 0 aliphatic rings. The molecule has 168 valence electrons. The first-order chi connectivity index (χ1) is 15.9. The van der Waals surface area contributed by atoms with E-state index in [2.05, 4.69) is 15.5 Å². The number of nitrogens with zero attached hydrogens (tertiary/aromatic N) is 3. The van der Waals surface area contributed by atoms with Crippen LogP contribution in [0.25, 0.3) is 21.1 Å². The summed E-state index contributed by atoms with van der Waals surface area (Å²) < 4.78 is 5.23. The van der Waals surface area contributed by atoms with Crippen molar-refractivity contribution in [1.29, 1.82) is 0 Å². The Morgan fingerprint density at radius 2 is 1.82 bits per heavy atom. The van der Waals surface area contributed by atoms with Crippen LogP contribution in [0.4, 0.5) is 5.69 Å². The fraction of sp³-hybridized carbons (Fsp3) is 0.200. The lowest BCUT2D eigenvalue weighted by molar-refractivity contribution is -0.113. The average molecular weight is 477 g/mol. The molecular weight excluding hydrogens is 452 g/mol. The van der Waals surface area contributed by atoms with E-state index in [4.69, 9.17) is 9.72 Å². The van der Waals surface area contributed by atoms with Gasteiger partial charge in [0.15, 0.2) is 0 Å². The first-order valence-electron chi connectivity index (χ1n) is 10.4. The molecule has 0 radical (unpaired) electrons. The predicted octanol–water partition coefficient (Wildman–Crippen LogP) is 5.93. The largest absolute Gasteiger partial charge is 0.497 e. The molecule has 0 aliphatic heterocycles. The predicted molar refractivity (Wildman–Crippen MR) is 135 cm³/mol. The lowest BCUT2D eigenvalue weighted by Gasteiger charge is -2.09. The van der Waals surface area contributed by atoms with Crippen molar-refractivity contribution in [2.75, 3.05) is 18.2 Å². The van der Waals surface area contributed by atoms with Crippen LogP contribution in [0.15, 0.2) is 59.6 Å². The Morgan fingerprint density at radius 3 is 2.52 bits per heavy atom. The first kappa shape index (κ1) is 22.9. The second kappa shape index (κ2) is 10.1. The number of thioether (sulfide) groups is 1. The number of hydrogen-bond acceptors (Lipinski definition) is 7. The Labute approximate surface area is 201 Å². The van der Waals surface area contributed by atoms with E-state index in [9.17, 15) is 4.79 Å². The smallest absolute Gasteiger partial charge is 0.234 e. The number of nitrogens with one attached hydrogen (secondary N) is 1. The molecule has 8 heteroatoms. The maximum Gasteiger partial charge on any atom is 0.234 e. The van der Waals surface area contributed by atoms with Crippen LogP contribution in [0.1, 0.15) is 16.8 Å². The van der Waals surface area contributed by atoms with E-state index in [1.807, 2.05) is 75.4 Å². The molecule has 0 bridgehead atoms. The van der Waals surface area contributed by atoms with E-state index in [-0.39, 0.29) is 11.7 Å². The van der Waals surface area contributed by atoms with E-state index >= 15 is 0 Å². The number of aryl methyl sites for hydroxylation is 3. The Balaban J connectivity index is 1.40. The second-order valence-electron chi connectivity index (χ2n) is 7.57. The molecule has 1 N–H and O–H groups in total. The van der Waals surface area contributed by atoms with Gasteiger partial charge in [-0.2, -0.15) is 0 Å². The van der Waals surface area contributed by atoms with E-state index < -0.39 is 0 Å². The van der Waals surface area contributed by atoms with Gasteiger partial charge in [0.2, 0.25) is 5.91 Å². The molecule has 0 atom stereocenters. The molecule has 33 heavy (non-hydrogen) atoms. The minimum atomic E-state index is -0.0676. The van der Waals surface area contributed by atoms with Gasteiger partial charge < -0.3 is 10.1 Å². The van der Waals surface area contributed by atoms with Crippen LogP contribution in [0.5, 0.6) is 5.75 Å². The standard InChI is InChI=1S/C25H24N4O2S2/c1-15-5-6-16(2)21(13-15)27-22(30)14-32-23-12-11-20(28-29-23)24-17(3)26-25(33-24)18-7-9-19(31-4)10-8-18/h5-13H,14H2,1-4H3,(H,27,30). The van der Waals surface area contributed by atoms with Gasteiger partial charge in [-0.25, -0.2) is 4.98 Å². The van der Waals surface area contributed by atoms with Crippen molar-refractivity contribution < 1.29 is 9.53 Å². The van der Waals surface area contributed by atoms with Gasteiger partial charge >= 0.3 is 0 Å². The summed E-state index contributed by atoms with van der Waals surface area (Å²) in [4.78, 5) is 18.0. The molecular formula is C25H24N4O2S2. The number of carbonyl (C=O) groups is 1. The molecule has 0 saturated carbocycles. The summed E-state index contributed by atoms with van der Waals surface area (Å²) in [6.07, 6.45) is 0. The van der Waals surface area contributed by atoms with Crippen molar-refractivity contribution in [3.8, 4) is 26.9 Å². The van der Waals surface area contributed by atoms with Crippen molar-refractivity contribution in [2.45, 2.75) is 25.8 Å². The average Bonchev–Trinajstić information content (AvgIpc) is 3.22. The van der Waals surface area contributed by atoms with Crippen LogP contribution < -0.4 is 10.1 Å². The summed E-state index contributed by atoms with van der Waals surface area (Å²) in [7, 11) is 1.65. The molecule has 0 spiro atoms. The number of rotatable bonds is 7. The molecule has 2 heterocycles. The SMILES string of the molecule is COc1ccc(-c2nc(C)c(-c3ccc(SCC(=O)Nc4cc(C)ccc4C)nn3)s2)cc1. The monoisotopic (exact) mass is 476 g/mol. The minimum absolute atomic E-state index is 0.0676. The highest BCUT2D eigenvalue weighted by molar-refractivity contribution is 7.99. The van der Waals surface area contributed by atoms with E-state index in [0.29, 0.717) is 5.03 Å². The zero-order chi connectivity index (χ0) is 23.4. The summed E-state index contributed by atoms with van der Waals surface area (Å²) in [5, 5.41) is 13.3. The number of thiazole rings is 1. The maximum absolute atomic E-state index is 12.4. The minimum Gasteiger partial charge on any atom is -0.497 e. The lowest BCUT2D eigenvalue weighted by atomic mass is 10.1. The molecule has 2 aromatic carbocycles. The van der Waals surface area contributed by atoms with Crippen LogP contribution >= 0.6 is 23.1 Å². The summed E-state index contributed by atoms with van der Waals surface area (Å²) in [6.45, 7) is 5.96. The third kappa shape index (κ3) is 5.58. The van der Waals surface area contributed by atoms with Crippen LogP contribution in [0.3, 0.4) is 0 Å². The number of benzene rings is 2. The zero-order valence-corrected chi connectivity index (χ0v) is 20.5. The van der Waals surface area contributed by atoms with Gasteiger partial charge in [-0.15, -0.1) is 21.5 Å². The van der Waals surface area contributed by atoms with E-state index in [1.54, 1.807) is 18.4 Å². The number of anilines is 1.